The summed E-state index contributed by atoms with van der Waals surface area (Å²) in [6, 6.07) is 4.65. The molecule has 6 heteroatoms. The van der Waals surface area contributed by atoms with Crippen LogP contribution in [-0.2, 0) is 0 Å². The maximum Gasteiger partial charge on any atom is 0.131 e. The number of piperazine rings is 1. The van der Waals surface area contributed by atoms with Crippen LogP contribution in [-0.4, -0.2) is 36.2 Å². The molecule has 1 atom stereocenters. The Kier molecular flexibility index (Phi) is 10.0. The molecule has 1 aromatic carbocycles. The second-order valence-corrected chi connectivity index (χ2v) is 5.98. The summed E-state index contributed by atoms with van der Waals surface area (Å²) >= 11 is 0. The van der Waals surface area contributed by atoms with E-state index in [-0.39, 0.29) is 42.4 Å². The van der Waals surface area contributed by atoms with Crippen LogP contribution in [0.15, 0.2) is 18.2 Å². The third kappa shape index (κ3) is 5.92. The quantitative estimate of drug-likeness (QED) is 0.846. The van der Waals surface area contributed by atoms with Gasteiger partial charge in [0.2, 0.25) is 0 Å². The molecular weight excluding hydrogens is 326 g/mol. The molecule has 2 rings (SSSR count). The lowest BCUT2D eigenvalue weighted by atomic mass is 9.95. The third-order valence-corrected chi connectivity index (χ3v) is 3.95. The van der Waals surface area contributed by atoms with Gasteiger partial charge in [0.15, 0.2) is 0 Å². The van der Waals surface area contributed by atoms with Crippen molar-refractivity contribution in [3.05, 3.63) is 29.6 Å². The SMILES string of the molecule is CC(C)CC[C@H](c1ccc(O)cc1F)N1CCNCC1.Cl.Cl. The monoisotopic (exact) mass is 352 g/mol. The number of hydrogen-bond acceptors (Lipinski definition) is 3. The number of aromatic hydroxyl groups is 1. The first-order chi connectivity index (χ1) is 9.58. The second-order valence-electron chi connectivity index (χ2n) is 5.98. The van der Waals surface area contributed by atoms with Gasteiger partial charge in [0, 0.05) is 43.9 Å². The maximum absolute atomic E-state index is 14.2. The summed E-state index contributed by atoms with van der Waals surface area (Å²) in [7, 11) is 0. The third-order valence-electron chi connectivity index (χ3n) is 3.95. The fourth-order valence-corrected chi connectivity index (χ4v) is 2.81. The highest BCUT2D eigenvalue weighted by atomic mass is 35.5. The molecule has 0 amide bonds. The molecule has 0 spiro atoms. The number of benzene rings is 1. The molecular formula is C16H27Cl2FN2O. The molecule has 0 saturated carbocycles. The Morgan fingerprint density at radius 3 is 2.36 bits per heavy atom. The molecule has 0 bridgehead atoms. The molecule has 128 valence electrons. The topological polar surface area (TPSA) is 35.5 Å². The van der Waals surface area contributed by atoms with Gasteiger partial charge in [-0.3, -0.25) is 4.90 Å². The smallest absolute Gasteiger partial charge is 0.131 e. The van der Waals surface area contributed by atoms with E-state index in [4.69, 9.17) is 0 Å². The zero-order chi connectivity index (χ0) is 14.5. The minimum Gasteiger partial charge on any atom is -0.508 e. The van der Waals surface area contributed by atoms with Gasteiger partial charge < -0.3 is 10.4 Å². The minimum atomic E-state index is -0.294. The lowest BCUT2D eigenvalue weighted by Crippen LogP contribution is -2.45. The van der Waals surface area contributed by atoms with Crippen LogP contribution in [0.5, 0.6) is 5.75 Å². The van der Waals surface area contributed by atoms with E-state index >= 15 is 0 Å². The van der Waals surface area contributed by atoms with Crippen molar-refractivity contribution < 1.29 is 9.50 Å². The zero-order valence-electron chi connectivity index (χ0n) is 13.2. The van der Waals surface area contributed by atoms with Crippen molar-refractivity contribution in [2.24, 2.45) is 5.92 Å². The molecule has 0 aliphatic carbocycles. The van der Waals surface area contributed by atoms with Crippen molar-refractivity contribution >= 4 is 24.8 Å². The van der Waals surface area contributed by atoms with Gasteiger partial charge in [-0.25, -0.2) is 4.39 Å². The van der Waals surface area contributed by atoms with E-state index in [1.807, 2.05) is 0 Å². The van der Waals surface area contributed by atoms with Crippen molar-refractivity contribution in [1.82, 2.24) is 10.2 Å². The first kappa shape index (κ1) is 21.4. The first-order valence-corrected chi connectivity index (χ1v) is 7.51. The highest BCUT2D eigenvalue weighted by Gasteiger charge is 2.24. The minimum absolute atomic E-state index is 0. The number of hydrogen-bond donors (Lipinski definition) is 2. The van der Waals surface area contributed by atoms with Crippen LogP contribution in [0.1, 0.15) is 38.3 Å². The van der Waals surface area contributed by atoms with E-state index in [9.17, 15) is 9.50 Å². The van der Waals surface area contributed by atoms with Crippen molar-refractivity contribution in [2.75, 3.05) is 26.2 Å². The second kappa shape index (κ2) is 10.3. The average Bonchev–Trinajstić information content (AvgIpc) is 2.42. The van der Waals surface area contributed by atoms with E-state index in [1.165, 1.54) is 6.07 Å². The lowest BCUT2D eigenvalue weighted by Gasteiger charge is -2.35. The number of nitrogens with zero attached hydrogens (tertiary/aromatic N) is 1. The summed E-state index contributed by atoms with van der Waals surface area (Å²) in [5.74, 6) is 0.312. The molecule has 0 radical (unpaired) electrons. The summed E-state index contributed by atoms with van der Waals surface area (Å²) < 4.78 is 14.2. The predicted octanol–water partition coefficient (Wildman–Crippen LogP) is 3.76. The van der Waals surface area contributed by atoms with Crippen LogP contribution in [0.3, 0.4) is 0 Å². The predicted molar refractivity (Wildman–Crippen MR) is 93.8 cm³/mol. The normalized spacial score (nSPS) is 16.7. The molecule has 3 nitrogen and oxygen atoms in total. The van der Waals surface area contributed by atoms with E-state index < -0.39 is 0 Å². The Bertz CT molecular complexity index is 440. The molecule has 1 aliphatic heterocycles. The Balaban J connectivity index is 0.00000220. The maximum atomic E-state index is 14.2. The number of halogens is 3. The van der Waals surface area contributed by atoms with Crippen molar-refractivity contribution in [3.63, 3.8) is 0 Å². The van der Waals surface area contributed by atoms with Gasteiger partial charge in [-0.05, 0) is 24.8 Å². The van der Waals surface area contributed by atoms with Gasteiger partial charge in [-0.2, -0.15) is 0 Å². The molecule has 1 aromatic rings. The van der Waals surface area contributed by atoms with E-state index in [0.717, 1.165) is 39.0 Å². The van der Waals surface area contributed by atoms with E-state index in [1.54, 1.807) is 12.1 Å². The Morgan fingerprint density at radius 1 is 1.18 bits per heavy atom. The first-order valence-electron chi connectivity index (χ1n) is 7.51. The Hall–Kier alpha value is -0.550. The van der Waals surface area contributed by atoms with Gasteiger partial charge in [-0.1, -0.05) is 19.9 Å². The van der Waals surface area contributed by atoms with E-state index in [2.05, 4.69) is 24.1 Å². The van der Waals surface area contributed by atoms with Crippen LogP contribution in [0.25, 0.3) is 0 Å². The summed E-state index contributed by atoms with van der Waals surface area (Å²) in [5.41, 5.74) is 0.713. The Labute approximate surface area is 145 Å². The standard InChI is InChI=1S/C16H25FN2O.2ClH/c1-12(2)3-6-16(19-9-7-18-8-10-19)14-5-4-13(20)11-15(14)17;;/h4-5,11-12,16,18,20H,3,6-10H2,1-2H3;2*1H/t16-;;/m1../s1. The summed E-state index contributed by atoms with van der Waals surface area (Å²) in [4.78, 5) is 2.36. The van der Waals surface area contributed by atoms with Crippen LogP contribution in [0.2, 0.25) is 0 Å². The molecule has 22 heavy (non-hydrogen) atoms. The summed E-state index contributed by atoms with van der Waals surface area (Å²) in [5, 5.41) is 12.7. The Morgan fingerprint density at radius 2 is 1.82 bits per heavy atom. The number of phenols is 1. The largest absolute Gasteiger partial charge is 0.508 e. The van der Waals surface area contributed by atoms with Crippen LogP contribution in [0, 0.1) is 11.7 Å². The average molecular weight is 353 g/mol. The summed E-state index contributed by atoms with van der Waals surface area (Å²) in [6.07, 6.45) is 2.04. The van der Waals surface area contributed by atoms with Gasteiger partial charge >= 0.3 is 0 Å². The number of phenolic OH excluding ortho intramolecular Hbond substituents is 1. The van der Waals surface area contributed by atoms with Gasteiger partial charge in [-0.15, -0.1) is 24.8 Å². The van der Waals surface area contributed by atoms with Crippen LogP contribution < -0.4 is 5.32 Å². The molecule has 1 fully saturated rings. The van der Waals surface area contributed by atoms with Crippen LogP contribution in [0.4, 0.5) is 4.39 Å². The number of rotatable bonds is 5. The highest BCUT2D eigenvalue weighted by molar-refractivity contribution is 5.85. The fourth-order valence-electron chi connectivity index (χ4n) is 2.81. The summed E-state index contributed by atoms with van der Waals surface area (Å²) in [6.45, 7) is 8.20. The van der Waals surface area contributed by atoms with Crippen molar-refractivity contribution in [3.8, 4) is 5.75 Å². The molecule has 1 saturated heterocycles. The van der Waals surface area contributed by atoms with Gasteiger partial charge in [0.25, 0.3) is 0 Å². The molecule has 2 N–H and O–H groups in total. The molecule has 1 heterocycles. The fraction of sp³-hybridized carbons (Fsp3) is 0.625. The lowest BCUT2D eigenvalue weighted by molar-refractivity contribution is 0.156. The van der Waals surface area contributed by atoms with Gasteiger partial charge in [0.1, 0.15) is 11.6 Å². The van der Waals surface area contributed by atoms with Crippen LogP contribution >= 0.6 is 24.8 Å². The molecule has 0 aromatic heterocycles. The zero-order valence-corrected chi connectivity index (χ0v) is 14.9. The molecule has 0 unspecified atom stereocenters. The van der Waals surface area contributed by atoms with Gasteiger partial charge in [0.05, 0.1) is 0 Å². The highest BCUT2D eigenvalue weighted by Crippen LogP contribution is 2.31. The van der Waals surface area contributed by atoms with Crippen molar-refractivity contribution in [2.45, 2.75) is 32.7 Å². The number of nitrogens with one attached hydrogen (secondary N) is 1. The van der Waals surface area contributed by atoms with E-state index in [0.29, 0.717) is 11.5 Å². The van der Waals surface area contributed by atoms with Crippen molar-refractivity contribution in [1.29, 1.82) is 0 Å². The molecule has 1 aliphatic rings.